The summed E-state index contributed by atoms with van der Waals surface area (Å²) in [6.07, 6.45) is 2.22. The van der Waals surface area contributed by atoms with Crippen molar-refractivity contribution >= 4 is 17.3 Å². The first kappa shape index (κ1) is 17.6. The maximum absolute atomic E-state index is 12.9. The number of hydrogen-bond acceptors (Lipinski definition) is 3. The molecule has 0 heterocycles. The fourth-order valence-corrected chi connectivity index (χ4v) is 4.72. The van der Waals surface area contributed by atoms with Crippen molar-refractivity contribution in [1.82, 2.24) is 0 Å². The summed E-state index contributed by atoms with van der Waals surface area (Å²) >= 11 is 0. The molecule has 0 aliphatic heterocycles. The SMILES string of the molecule is CC#Cc1cc(C)c(C2C(=O)CC3(CC2=O)CC(C(C)=O)C3)c(C)c1. The summed E-state index contributed by atoms with van der Waals surface area (Å²) in [4.78, 5) is 37.2. The van der Waals surface area contributed by atoms with Gasteiger partial charge < -0.3 is 0 Å². The highest BCUT2D eigenvalue weighted by Gasteiger charge is 2.53. The molecule has 1 aromatic carbocycles. The zero-order chi connectivity index (χ0) is 18.4. The Bertz CT molecular complexity index is 786. The van der Waals surface area contributed by atoms with Crippen molar-refractivity contribution in [2.24, 2.45) is 11.3 Å². The molecule has 0 unspecified atom stereocenters. The Kier molecular flexibility index (Phi) is 4.41. The van der Waals surface area contributed by atoms with Crippen molar-refractivity contribution in [3.8, 4) is 11.8 Å². The molecule has 0 aromatic heterocycles. The Morgan fingerprint density at radius 2 is 1.60 bits per heavy atom. The van der Waals surface area contributed by atoms with Crippen molar-refractivity contribution in [2.75, 3.05) is 0 Å². The van der Waals surface area contributed by atoms with Crippen LogP contribution in [0.3, 0.4) is 0 Å². The molecule has 0 radical (unpaired) electrons. The summed E-state index contributed by atoms with van der Waals surface area (Å²) in [7, 11) is 0. The highest BCUT2D eigenvalue weighted by Crippen LogP contribution is 2.55. The average Bonchev–Trinajstić information content (AvgIpc) is 2.46. The largest absolute Gasteiger partial charge is 0.300 e. The molecule has 3 rings (SSSR count). The molecule has 2 aliphatic carbocycles. The molecular formula is C22H24O3. The number of carbonyl (C=O) groups is 3. The molecule has 2 saturated carbocycles. The summed E-state index contributed by atoms with van der Waals surface area (Å²) < 4.78 is 0. The predicted molar refractivity (Wildman–Crippen MR) is 96.3 cm³/mol. The number of rotatable bonds is 2. The lowest BCUT2D eigenvalue weighted by Gasteiger charge is -2.49. The van der Waals surface area contributed by atoms with Gasteiger partial charge in [-0.2, -0.15) is 0 Å². The van der Waals surface area contributed by atoms with Crippen LogP contribution in [0.15, 0.2) is 12.1 Å². The van der Waals surface area contributed by atoms with Crippen LogP contribution < -0.4 is 0 Å². The summed E-state index contributed by atoms with van der Waals surface area (Å²) in [5, 5.41) is 0. The lowest BCUT2D eigenvalue weighted by molar-refractivity contribution is -0.146. The highest BCUT2D eigenvalue weighted by atomic mass is 16.2. The van der Waals surface area contributed by atoms with Crippen molar-refractivity contribution in [2.45, 2.75) is 59.3 Å². The molecule has 0 N–H and O–H groups in total. The van der Waals surface area contributed by atoms with Gasteiger partial charge in [0.1, 0.15) is 23.3 Å². The number of carbonyl (C=O) groups excluding carboxylic acids is 3. The molecule has 2 fully saturated rings. The third-order valence-corrected chi connectivity index (χ3v) is 5.83. The van der Waals surface area contributed by atoms with Crippen molar-refractivity contribution in [3.05, 3.63) is 34.4 Å². The van der Waals surface area contributed by atoms with E-state index in [0.29, 0.717) is 25.7 Å². The van der Waals surface area contributed by atoms with E-state index in [1.807, 2.05) is 26.0 Å². The van der Waals surface area contributed by atoms with Crippen LogP contribution in [0.1, 0.15) is 67.7 Å². The van der Waals surface area contributed by atoms with Gasteiger partial charge in [-0.1, -0.05) is 5.92 Å². The molecule has 0 atom stereocenters. The quantitative estimate of drug-likeness (QED) is 0.611. The minimum atomic E-state index is -0.648. The first-order chi connectivity index (χ1) is 11.8. The van der Waals surface area contributed by atoms with Gasteiger partial charge in [-0.25, -0.2) is 0 Å². The molecule has 0 bridgehead atoms. The second-order valence-electron chi connectivity index (χ2n) is 7.83. The van der Waals surface area contributed by atoms with Gasteiger partial charge in [-0.05, 0) is 74.8 Å². The number of aryl methyl sites for hydroxylation is 2. The Morgan fingerprint density at radius 3 is 2.04 bits per heavy atom. The molecule has 1 aromatic rings. The third kappa shape index (κ3) is 3.06. The van der Waals surface area contributed by atoms with Gasteiger partial charge in [-0.15, -0.1) is 5.92 Å². The Labute approximate surface area is 149 Å². The monoisotopic (exact) mass is 336 g/mol. The minimum Gasteiger partial charge on any atom is -0.300 e. The smallest absolute Gasteiger partial charge is 0.148 e. The maximum atomic E-state index is 12.9. The Balaban J connectivity index is 1.88. The van der Waals surface area contributed by atoms with Crippen molar-refractivity contribution < 1.29 is 14.4 Å². The van der Waals surface area contributed by atoms with Crippen molar-refractivity contribution in [1.29, 1.82) is 0 Å². The number of hydrogen-bond donors (Lipinski definition) is 0. The average molecular weight is 336 g/mol. The van der Waals surface area contributed by atoms with Crippen LogP contribution in [0, 0.1) is 37.0 Å². The fraction of sp³-hybridized carbons (Fsp3) is 0.500. The van der Waals surface area contributed by atoms with Gasteiger partial charge in [0.25, 0.3) is 0 Å². The second-order valence-corrected chi connectivity index (χ2v) is 7.83. The second kappa shape index (κ2) is 6.26. The maximum Gasteiger partial charge on any atom is 0.148 e. The van der Waals surface area contributed by atoms with E-state index >= 15 is 0 Å². The van der Waals surface area contributed by atoms with Crippen molar-refractivity contribution in [3.63, 3.8) is 0 Å². The molecule has 2 aliphatic rings. The van der Waals surface area contributed by atoms with Gasteiger partial charge >= 0.3 is 0 Å². The first-order valence-electron chi connectivity index (χ1n) is 8.86. The summed E-state index contributed by atoms with van der Waals surface area (Å²) in [5.74, 6) is 5.51. The van der Waals surface area contributed by atoms with E-state index in [2.05, 4.69) is 11.8 Å². The number of benzene rings is 1. The van der Waals surface area contributed by atoms with Gasteiger partial charge in [0.2, 0.25) is 0 Å². The number of Topliss-reactive ketones (excluding diaryl/α,β-unsaturated/α-hetero) is 3. The molecule has 1 spiro atoms. The molecule has 3 nitrogen and oxygen atoms in total. The molecular weight excluding hydrogens is 312 g/mol. The zero-order valence-corrected chi connectivity index (χ0v) is 15.4. The lowest BCUT2D eigenvalue weighted by atomic mass is 9.52. The van der Waals surface area contributed by atoms with Crippen LogP contribution in [0.4, 0.5) is 0 Å². The van der Waals surface area contributed by atoms with E-state index in [1.165, 1.54) is 0 Å². The van der Waals surface area contributed by atoms with Crippen LogP contribution in [-0.4, -0.2) is 17.3 Å². The van der Waals surface area contributed by atoms with Crippen LogP contribution >= 0.6 is 0 Å². The predicted octanol–water partition coefficient (Wildman–Crippen LogP) is 3.68. The van der Waals surface area contributed by atoms with Gasteiger partial charge in [0, 0.05) is 24.3 Å². The van der Waals surface area contributed by atoms with Gasteiger partial charge in [0.15, 0.2) is 0 Å². The van der Waals surface area contributed by atoms with Gasteiger partial charge in [-0.3, -0.25) is 14.4 Å². The Hall–Kier alpha value is -2.21. The van der Waals surface area contributed by atoms with E-state index in [1.54, 1.807) is 13.8 Å². The Morgan fingerprint density at radius 1 is 1.08 bits per heavy atom. The topological polar surface area (TPSA) is 51.2 Å². The third-order valence-electron chi connectivity index (χ3n) is 5.83. The minimum absolute atomic E-state index is 0.0128. The van der Waals surface area contributed by atoms with Gasteiger partial charge in [0.05, 0.1) is 0 Å². The van der Waals surface area contributed by atoms with Crippen LogP contribution in [0.5, 0.6) is 0 Å². The van der Waals surface area contributed by atoms with E-state index in [9.17, 15) is 14.4 Å². The van der Waals surface area contributed by atoms with E-state index in [-0.39, 0.29) is 28.7 Å². The van der Waals surface area contributed by atoms with Crippen LogP contribution in [0.25, 0.3) is 0 Å². The van der Waals surface area contributed by atoms with Crippen LogP contribution in [0.2, 0.25) is 0 Å². The first-order valence-corrected chi connectivity index (χ1v) is 8.86. The summed E-state index contributed by atoms with van der Waals surface area (Å²) in [5.41, 5.74) is 3.42. The molecule has 25 heavy (non-hydrogen) atoms. The van der Waals surface area contributed by atoms with Crippen LogP contribution in [-0.2, 0) is 14.4 Å². The molecule has 0 saturated heterocycles. The van der Waals surface area contributed by atoms with E-state index in [0.717, 1.165) is 22.3 Å². The normalized spacial score (nSPS) is 28.3. The molecule has 3 heteroatoms. The molecule has 130 valence electrons. The highest BCUT2D eigenvalue weighted by molar-refractivity contribution is 6.11. The van der Waals surface area contributed by atoms with E-state index in [4.69, 9.17) is 0 Å². The summed E-state index contributed by atoms with van der Waals surface area (Å²) in [6, 6.07) is 3.91. The fourth-order valence-electron chi connectivity index (χ4n) is 4.72. The number of ketones is 3. The van der Waals surface area contributed by atoms with E-state index < -0.39 is 5.92 Å². The molecule has 0 amide bonds. The zero-order valence-electron chi connectivity index (χ0n) is 15.4. The summed E-state index contributed by atoms with van der Waals surface area (Å²) in [6.45, 7) is 7.28. The lowest BCUT2D eigenvalue weighted by Crippen LogP contribution is -2.48. The standard InChI is InChI=1S/C22H24O3/c1-5-6-16-7-13(2)20(14(3)8-16)21-18(24)11-22(12-19(21)25)9-17(10-22)15(4)23/h7-8,17,21H,9-12H2,1-4H3.